The minimum Gasteiger partial charge on any atom is -0.314 e. The van der Waals surface area contributed by atoms with Crippen molar-refractivity contribution in [2.75, 3.05) is 33.2 Å². The molecule has 3 nitrogen and oxygen atoms in total. The lowest BCUT2D eigenvalue weighted by Crippen LogP contribution is -2.50. The minimum atomic E-state index is -0.531. The van der Waals surface area contributed by atoms with Crippen molar-refractivity contribution < 1.29 is 8.78 Å². The third kappa shape index (κ3) is 4.23. The fraction of sp³-hybridized carbons (Fsp3) is 0.571. The molecule has 0 spiro atoms. The highest BCUT2D eigenvalue weighted by Gasteiger charge is 2.17. The van der Waals surface area contributed by atoms with Gasteiger partial charge in [0.05, 0.1) is 0 Å². The van der Waals surface area contributed by atoms with E-state index in [9.17, 15) is 8.78 Å². The molecule has 0 bridgehead atoms. The van der Waals surface area contributed by atoms with E-state index in [0.29, 0.717) is 18.2 Å². The summed E-state index contributed by atoms with van der Waals surface area (Å²) in [5, 5.41) is 6.58. The van der Waals surface area contributed by atoms with Crippen LogP contribution in [0.4, 0.5) is 8.78 Å². The molecule has 106 valence electrons. The van der Waals surface area contributed by atoms with Crippen molar-refractivity contribution in [2.45, 2.75) is 19.0 Å². The molecule has 1 aliphatic heterocycles. The number of likely N-dealkylation sites (N-methyl/N-ethyl adjacent to an activating group) is 1. The van der Waals surface area contributed by atoms with Gasteiger partial charge < -0.3 is 15.5 Å². The third-order valence-corrected chi connectivity index (χ3v) is 3.63. The average Bonchev–Trinajstić information content (AvgIpc) is 2.38. The first-order chi connectivity index (χ1) is 9.16. The fourth-order valence-electron chi connectivity index (χ4n) is 2.34. The lowest BCUT2D eigenvalue weighted by Gasteiger charge is -2.33. The topological polar surface area (TPSA) is 27.3 Å². The summed E-state index contributed by atoms with van der Waals surface area (Å²) in [4.78, 5) is 2.34. The Morgan fingerprint density at radius 3 is 3.00 bits per heavy atom. The summed E-state index contributed by atoms with van der Waals surface area (Å²) in [5.74, 6) is -1.01. The first-order valence-corrected chi connectivity index (χ1v) is 6.72. The Labute approximate surface area is 113 Å². The van der Waals surface area contributed by atoms with Crippen molar-refractivity contribution in [3.8, 4) is 0 Å². The van der Waals surface area contributed by atoms with Crippen LogP contribution < -0.4 is 10.6 Å². The normalized spacial score (nSPS) is 20.7. The van der Waals surface area contributed by atoms with Crippen LogP contribution in [0.5, 0.6) is 0 Å². The molecule has 1 fully saturated rings. The standard InChI is InChI=1S/C14H21F2N3/c1-19-7-6-18-10-13(19)4-5-17-9-11-2-3-12(15)8-14(11)16/h2-3,8,13,17-18H,4-7,9-10H2,1H3. The molecular weight excluding hydrogens is 248 g/mol. The maximum atomic E-state index is 13.4. The number of rotatable bonds is 5. The van der Waals surface area contributed by atoms with E-state index in [-0.39, 0.29) is 0 Å². The number of hydrogen-bond acceptors (Lipinski definition) is 3. The van der Waals surface area contributed by atoms with E-state index in [1.165, 1.54) is 12.1 Å². The van der Waals surface area contributed by atoms with Crippen LogP contribution in [0.1, 0.15) is 12.0 Å². The van der Waals surface area contributed by atoms with Crippen LogP contribution in [0.15, 0.2) is 18.2 Å². The van der Waals surface area contributed by atoms with Crippen molar-refractivity contribution in [3.05, 3.63) is 35.4 Å². The van der Waals surface area contributed by atoms with Gasteiger partial charge >= 0.3 is 0 Å². The molecular formula is C14H21F2N3. The molecule has 1 aromatic carbocycles. The molecule has 2 rings (SSSR count). The zero-order valence-corrected chi connectivity index (χ0v) is 11.3. The van der Waals surface area contributed by atoms with Crippen molar-refractivity contribution in [1.82, 2.24) is 15.5 Å². The highest BCUT2D eigenvalue weighted by molar-refractivity contribution is 5.18. The first-order valence-electron chi connectivity index (χ1n) is 6.72. The third-order valence-electron chi connectivity index (χ3n) is 3.63. The second-order valence-corrected chi connectivity index (χ2v) is 5.04. The molecule has 2 N–H and O–H groups in total. The largest absolute Gasteiger partial charge is 0.314 e. The van der Waals surface area contributed by atoms with Gasteiger partial charge in [0.1, 0.15) is 11.6 Å². The Kier molecular flexibility index (Phi) is 5.24. The smallest absolute Gasteiger partial charge is 0.130 e. The lowest BCUT2D eigenvalue weighted by atomic mass is 10.1. The lowest BCUT2D eigenvalue weighted by molar-refractivity contribution is 0.189. The van der Waals surface area contributed by atoms with Gasteiger partial charge in [-0.2, -0.15) is 0 Å². The summed E-state index contributed by atoms with van der Waals surface area (Å²) in [6.07, 6.45) is 1.02. The highest BCUT2D eigenvalue weighted by atomic mass is 19.1. The van der Waals surface area contributed by atoms with Crippen LogP contribution in [0.3, 0.4) is 0 Å². The number of hydrogen-bond donors (Lipinski definition) is 2. The van der Waals surface area contributed by atoms with E-state index in [2.05, 4.69) is 22.6 Å². The zero-order valence-electron chi connectivity index (χ0n) is 11.3. The Morgan fingerprint density at radius 2 is 2.26 bits per heavy atom. The van der Waals surface area contributed by atoms with Crippen LogP contribution in [0, 0.1) is 11.6 Å². The van der Waals surface area contributed by atoms with Crippen LogP contribution >= 0.6 is 0 Å². The summed E-state index contributed by atoms with van der Waals surface area (Å²) < 4.78 is 26.1. The second kappa shape index (κ2) is 6.93. The summed E-state index contributed by atoms with van der Waals surface area (Å²) in [6.45, 7) is 4.38. The summed E-state index contributed by atoms with van der Waals surface area (Å²) in [5.41, 5.74) is 0.511. The van der Waals surface area contributed by atoms with E-state index >= 15 is 0 Å². The van der Waals surface area contributed by atoms with Crippen LogP contribution in [0.2, 0.25) is 0 Å². The Balaban J connectivity index is 1.71. The van der Waals surface area contributed by atoms with Crippen LogP contribution in [0.25, 0.3) is 0 Å². The van der Waals surface area contributed by atoms with E-state index in [0.717, 1.165) is 38.7 Å². The average molecular weight is 269 g/mol. The molecule has 0 aromatic heterocycles. The molecule has 0 aliphatic carbocycles. The molecule has 1 heterocycles. The molecule has 1 unspecified atom stereocenters. The molecule has 1 atom stereocenters. The van der Waals surface area contributed by atoms with E-state index in [1.807, 2.05) is 0 Å². The van der Waals surface area contributed by atoms with Gasteiger partial charge in [-0.3, -0.25) is 0 Å². The molecule has 0 amide bonds. The van der Waals surface area contributed by atoms with Gasteiger partial charge in [-0.1, -0.05) is 6.07 Å². The van der Waals surface area contributed by atoms with Gasteiger partial charge in [0, 0.05) is 43.9 Å². The number of benzene rings is 1. The van der Waals surface area contributed by atoms with E-state index < -0.39 is 11.6 Å². The number of nitrogens with one attached hydrogen (secondary N) is 2. The van der Waals surface area contributed by atoms with Crippen molar-refractivity contribution in [3.63, 3.8) is 0 Å². The summed E-state index contributed by atoms with van der Waals surface area (Å²) >= 11 is 0. The minimum absolute atomic E-state index is 0.440. The highest BCUT2D eigenvalue weighted by Crippen LogP contribution is 2.09. The first kappa shape index (κ1) is 14.4. The number of piperazine rings is 1. The van der Waals surface area contributed by atoms with Crippen molar-refractivity contribution in [2.24, 2.45) is 0 Å². The maximum Gasteiger partial charge on any atom is 0.130 e. The zero-order chi connectivity index (χ0) is 13.7. The van der Waals surface area contributed by atoms with Gasteiger partial charge in [0.25, 0.3) is 0 Å². The molecule has 0 radical (unpaired) electrons. The quantitative estimate of drug-likeness (QED) is 0.790. The summed E-state index contributed by atoms with van der Waals surface area (Å²) in [7, 11) is 2.13. The van der Waals surface area contributed by atoms with Crippen LogP contribution in [-0.4, -0.2) is 44.2 Å². The maximum absolute atomic E-state index is 13.4. The molecule has 0 saturated carbocycles. The predicted molar refractivity (Wildman–Crippen MR) is 72.0 cm³/mol. The molecule has 5 heteroatoms. The summed E-state index contributed by atoms with van der Waals surface area (Å²) in [6, 6.07) is 4.24. The number of nitrogens with zero attached hydrogens (tertiary/aromatic N) is 1. The van der Waals surface area contributed by atoms with Gasteiger partial charge in [-0.25, -0.2) is 8.78 Å². The SMILES string of the molecule is CN1CCNCC1CCNCc1ccc(F)cc1F. The predicted octanol–water partition coefficient (Wildman–Crippen LogP) is 1.35. The van der Waals surface area contributed by atoms with E-state index in [4.69, 9.17) is 0 Å². The number of halogens is 2. The van der Waals surface area contributed by atoms with Crippen LogP contribution in [-0.2, 0) is 6.54 Å². The monoisotopic (exact) mass is 269 g/mol. The molecule has 19 heavy (non-hydrogen) atoms. The van der Waals surface area contributed by atoms with Gasteiger partial charge in [0.15, 0.2) is 0 Å². The second-order valence-electron chi connectivity index (χ2n) is 5.04. The Morgan fingerprint density at radius 1 is 1.42 bits per heavy atom. The molecule has 1 aromatic rings. The van der Waals surface area contributed by atoms with Gasteiger partial charge in [-0.15, -0.1) is 0 Å². The van der Waals surface area contributed by atoms with Crippen molar-refractivity contribution >= 4 is 0 Å². The Bertz CT molecular complexity index is 412. The van der Waals surface area contributed by atoms with Crippen molar-refractivity contribution in [1.29, 1.82) is 0 Å². The Hall–Kier alpha value is -1.04. The molecule has 1 aliphatic rings. The van der Waals surface area contributed by atoms with E-state index in [1.54, 1.807) is 0 Å². The van der Waals surface area contributed by atoms with Gasteiger partial charge in [0.2, 0.25) is 0 Å². The fourth-order valence-corrected chi connectivity index (χ4v) is 2.34. The van der Waals surface area contributed by atoms with Gasteiger partial charge in [-0.05, 0) is 26.1 Å². The molecule has 1 saturated heterocycles.